The quantitative estimate of drug-likeness (QED) is 0.876. The highest BCUT2D eigenvalue weighted by molar-refractivity contribution is 5.92. The van der Waals surface area contributed by atoms with Gasteiger partial charge in [-0.1, -0.05) is 32.8 Å². The molecule has 1 aromatic rings. The second kappa shape index (κ2) is 7.55. The van der Waals surface area contributed by atoms with Gasteiger partial charge >= 0.3 is 0 Å². The highest BCUT2D eigenvalue weighted by Crippen LogP contribution is 2.25. The largest absolute Gasteiger partial charge is 0.334 e. The van der Waals surface area contributed by atoms with E-state index < -0.39 is 0 Å². The van der Waals surface area contributed by atoms with Gasteiger partial charge in [-0.2, -0.15) is 0 Å². The molecule has 4 nitrogen and oxygen atoms in total. The first-order valence-electron chi connectivity index (χ1n) is 8.07. The minimum Gasteiger partial charge on any atom is -0.334 e. The van der Waals surface area contributed by atoms with Crippen LogP contribution >= 0.6 is 0 Å². The van der Waals surface area contributed by atoms with Gasteiger partial charge < -0.3 is 10.6 Å². The Bertz CT molecular complexity index is 450. The molecule has 0 radical (unpaired) electrons. The molecule has 0 spiro atoms. The number of aromatic nitrogens is 1. The summed E-state index contributed by atoms with van der Waals surface area (Å²) in [6.45, 7) is 5.69. The van der Waals surface area contributed by atoms with Crippen LogP contribution in [0.15, 0.2) is 18.3 Å². The lowest BCUT2D eigenvalue weighted by Gasteiger charge is -2.29. The van der Waals surface area contributed by atoms with E-state index in [1.165, 1.54) is 12.8 Å². The average molecular weight is 289 g/mol. The lowest BCUT2D eigenvalue weighted by Crippen LogP contribution is -2.40. The first-order valence-corrected chi connectivity index (χ1v) is 8.07. The lowest BCUT2D eigenvalue weighted by atomic mass is 10.1. The molecule has 1 amide bonds. The molecule has 1 aliphatic rings. The minimum absolute atomic E-state index is 0.0751. The highest BCUT2D eigenvalue weighted by Gasteiger charge is 2.27. The van der Waals surface area contributed by atoms with E-state index in [9.17, 15) is 4.79 Å². The molecule has 2 N–H and O–H groups in total. The molecular weight excluding hydrogens is 262 g/mol. The molecule has 0 unspecified atom stereocenters. The number of carbonyl (C=O) groups is 1. The van der Waals surface area contributed by atoms with Crippen molar-refractivity contribution in [1.82, 2.24) is 9.88 Å². The van der Waals surface area contributed by atoms with Crippen LogP contribution in [-0.2, 0) is 6.54 Å². The fraction of sp³-hybridized carbons (Fsp3) is 0.647. The second-order valence-electron chi connectivity index (χ2n) is 6.38. The summed E-state index contributed by atoms with van der Waals surface area (Å²) in [7, 11) is 0. The van der Waals surface area contributed by atoms with E-state index >= 15 is 0 Å². The number of nitrogens with two attached hydrogens (primary N) is 1. The summed E-state index contributed by atoms with van der Waals surface area (Å²) in [5.41, 5.74) is 7.08. The molecule has 0 atom stereocenters. The fourth-order valence-corrected chi connectivity index (χ4v) is 2.88. The summed E-state index contributed by atoms with van der Waals surface area (Å²) in [5, 5.41) is 0. The van der Waals surface area contributed by atoms with Crippen molar-refractivity contribution in [1.29, 1.82) is 0 Å². The highest BCUT2D eigenvalue weighted by atomic mass is 16.2. The second-order valence-corrected chi connectivity index (χ2v) is 6.38. The zero-order valence-corrected chi connectivity index (χ0v) is 13.2. The summed E-state index contributed by atoms with van der Waals surface area (Å²) >= 11 is 0. The molecule has 1 aliphatic carbocycles. The van der Waals surface area contributed by atoms with Crippen LogP contribution in [0.25, 0.3) is 0 Å². The van der Waals surface area contributed by atoms with E-state index in [1.807, 2.05) is 12.1 Å². The van der Waals surface area contributed by atoms with Crippen LogP contribution < -0.4 is 5.73 Å². The SMILES string of the molecule is CC(C)CCN(C(=O)c1ccc(CN)cn1)C1CCCC1. The molecule has 1 heterocycles. The first kappa shape index (κ1) is 16.0. The monoisotopic (exact) mass is 289 g/mol. The summed E-state index contributed by atoms with van der Waals surface area (Å²) in [6.07, 6.45) is 7.48. The van der Waals surface area contributed by atoms with E-state index in [1.54, 1.807) is 6.20 Å². The summed E-state index contributed by atoms with van der Waals surface area (Å²) < 4.78 is 0. The van der Waals surface area contributed by atoms with Crippen molar-refractivity contribution in [3.63, 3.8) is 0 Å². The van der Waals surface area contributed by atoms with Gasteiger partial charge in [0, 0.05) is 25.3 Å². The molecule has 0 bridgehead atoms. The smallest absolute Gasteiger partial charge is 0.272 e. The third-order valence-electron chi connectivity index (χ3n) is 4.25. The van der Waals surface area contributed by atoms with Gasteiger partial charge in [0.25, 0.3) is 5.91 Å². The number of pyridine rings is 1. The average Bonchev–Trinajstić information content (AvgIpc) is 3.01. The summed E-state index contributed by atoms with van der Waals surface area (Å²) in [4.78, 5) is 19.1. The first-order chi connectivity index (χ1) is 10.1. The number of hydrogen-bond acceptors (Lipinski definition) is 3. The van der Waals surface area contributed by atoms with Crippen molar-refractivity contribution < 1.29 is 4.79 Å². The Morgan fingerprint density at radius 3 is 2.62 bits per heavy atom. The number of amides is 1. The van der Waals surface area contributed by atoms with Gasteiger partial charge in [-0.15, -0.1) is 0 Å². The Hall–Kier alpha value is -1.42. The molecule has 0 aromatic carbocycles. The maximum absolute atomic E-state index is 12.8. The van der Waals surface area contributed by atoms with E-state index in [0.29, 0.717) is 24.2 Å². The maximum Gasteiger partial charge on any atom is 0.272 e. The van der Waals surface area contributed by atoms with Crippen molar-refractivity contribution in [2.45, 2.75) is 58.5 Å². The van der Waals surface area contributed by atoms with Crippen molar-refractivity contribution >= 4 is 5.91 Å². The van der Waals surface area contributed by atoms with E-state index in [2.05, 4.69) is 23.7 Å². The van der Waals surface area contributed by atoms with Crippen LogP contribution in [-0.4, -0.2) is 28.4 Å². The third-order valence-corrected chi connectivity index (χ3v) is 4.25. The zero-order chi connectivity index (χ0) is 15.2. The normalized spacial score (nSPS) is 15.6. The zero-order valence-electron chi connectivity index (χ0n) is 13.2. The van der Waals surface area contributed by atoms with Crippen LogP contribution in [0.1, 0.15) is 62.0 Å². The predicted molar refractivity (Wildman–Crippen MR) is 84.9 cm³/mol. The van der Waals surface area contributed by atoms with Gasteiger partial charge in [0.2, 0.25) is 0 Å². The Morgan fingerprint density at radius 2 is 2.10 bits per heavy atom. The third kappa shape index (κ3) is 4.27. The number of carbonyl (C=O) groups excluding carboxylic acids is 1. The predicted octanol–water partition coefficient (Wildman–Crippen LogP) is 2.97. The van der Waals surface area contributed by atoms with Crippen LogP contribution in [0, 0.1) is 5.92 Å². The number of nitrogens with zero attached hydrogens (tertiary/aromatic N) is 2. The number of rotatable bonds is 6. The van der Waals surface area contributed by atoms with Gasteiger partial charge in [0.15, 0.2) is 0 Å². The molecule has 1 saturated carbocycles. The summed E-state index contributed by atoms with van der Waals surface area (Å²) in [5.74, 6) is 0.681. The van der Waals surface area contributed by atoms with Crippen molar-refractivity contribution in [2.24, 2.45) is 11.7 Å². The molecule has 21 heavy (non-hydrogen) atoms. The standard InChI is InChI=1S/C17H27N3O/c1-13(2)9-10-20(15-5-3-4-6-15)17(21)16-8-7-14(11-18)12-19-16/h7-8,12-13,15H,3-6,9-11,18H2,1-2H3. The van der Waals surface area contributed by atoms with Gasteiger partial charge in [0.1, 0.15) is 5.69 Å². The Labute approximate surface area is 127 Å². The van der Waals surface area contributed by atoms with Crippen LogP contribution in [0.5, 0.6) is 0 Å². The molecular formula is C17H27N3O. The molecule has 1 aromatic heterocycles. The minimum atomic E-state index is 0.0751. The molecule has 0 aliphatic heterocycles. The Kier molecular flexibility index (Phi) is 5.74. The van der Waals surface area contributed by atoms with Crippen LogP contribution in [0.4, 0.5) is 0 Å². The molecule has 4 heteroatoms. The van der Waals surface area contributed by atoms with Gasteiger partial charge in [0.05, 0.1) is 0 Å². The van der Waals surface area contributed by atoms with Crippen molar-refractivity contribution in [2.75, 3.05) is 6.54 Å². The Balaban J connectivity index is 2.11. The van der Waals surface area contributed by atoms with Gasteiger partial charge in [-0.3, -0.25) is 9.78 Å². The number of hydrogen-bond donors (Lipinski definition) is 1. The Morgan fingerprint density at radius 1 is 1.38 bits per heavy atom. The van der Waals surface area contributed by atoms with E-state index in [-0.39, 0.29) is 5.91 Å². The van der Waals surface area contributed by atoms with Crippen LogP contribution in [0.2, 0.25) is 0 Å². The van der Waals surface area contributed by atoms with Crippen molar-refractivity contribution in [3.05, 3.63) is 29.6 Å². The maximum atomic E-state index is 12.8. The molecule has 0 saturated heterocycles. The summed E-state index contributed by atoms with van der Waals surface area (Å²) in [6, 6.07) is 4.10. The lowest BCUT2D eigenvalue weighted by molar-refractivity contribution is 0.0666. The molecule has 116 valence electrons. The molecule has 1 fully saturated rings. The van der Waals surface area contributed by atoms with Gasteiger partial charge in [-0.05, 0) is 36.8 Å². The fourth-order valence-electron chi connectivity index (χ4n) is 2.88. The van der Waals surface area contributed by atoms with Gasteiger partial charge in [-0.25, -0.2) is 0 Å². The van der Waals surface area contributed by atoms with Crippen LogP contribution in [0.3, 0.4) is 0 Å². The van der Waals surface area contributed by atoms with E-state index in [0.717, 1.165) is 31.4 Å². The topological polar surface area (TPSA) is 59.2 Å². The van der Waals surface area contributed by atoms with E-state index in [4.69, 9.17) is 5.73 Å². The molecule has 2 rings (SSSR count). The van der Waals surface area contributed by atoms with Crippen molar-refractivity contribution in [3.8, 4) is 0 Å².